The topological polar surface area (TPSA) is 145 Å². The number of nitro groups is 1. The van der Waals surface area contributed by atoms with Crippen molar-refractivity contribution in [2.45, 2.75) is 18.7 Å². The van der Waals surface area contributed by atoms with Gasteiger partial charge in [-0.15, -0.1) is 0 Å². The Morgan fingerprint density at radius 2 is 1.82 bits per heavy atom. The zero-order valence-corrected chi connectivity index (χ0v) is 16.0. The molecule has 3 N–H and O–H groups in total. The Morgan fingerprint density at radius 3 is 2.39 bits per heavy atom. The predicted molar refractivity (Wildman–Crippen MR) is 104 cm³/mol. The van der Waals surface area contributed by atoms with Gasteiger partial charge in [0.15, 0.2) is 11.5 Å². The van der Waals surface area contributed by atoms with E-state index in [4.69, 9.17) is 0 Å². The Balaban J connectivity index is 2.41. The molecule has 10 nitrogen and oxygen atoms in total. The number of nitrogens with one attached hydrogen (secondary N) is 1. The first-order valence-corrected chi connectivity index (χ1v) is 9.74. The molecule has 0 spiro atoms. The molecule has 2 aromatic carbocycles. The highest BCUT2D eigenvalue weighted by atomic mass is 32.2. The van der Waals surface area contributed by atoms with Crippen molar-refractivity contribution in [3.63, 3.8) is 0 Å². The second-order valence-electron chi connectivity index (χ2n) is 5.65. The number of phenols is 2. The minimum absolute atomic E-state index is 0.0664. The summed E-state index contributed by atoms with van der Waals surface area (Å²) in [6.45, 7) is 3.75. The second-order valence-corrected chi connectivity index (χ2v) is 7.55. The summed E-state index contributed by atoms with van der Waals surface area (Å²) in [6, 6.07) is 7.45. The van der Waals surface area contributed by atoms with Crippen LogP contribution < -0.4 is 5.43 Å². The van der Waals surface area contributed by atoms with Crippen LogP contribution in [0, 0.1) is 10.1 Å². The number of benzene rings is 2. The van der Waals surface area contributed by atoms with E-state index in [0.29, 0.717) is 5.56 Å². The average Bonchev–Trinajstić information content (AvgIpc) is 2.65. The molecule has 0 aliphatic carbocycles. The summed E-state index contributed by atoms with van der Waals surface area (Å²) >= 11 is 0. The minimum Gasteiger partial charge on any atom is -0.504 e. The third kappa shape index (κ3) is 4.56. The van der Waals surface area contributed by atoms with Crippen molar-refractivity contribution in [1.29, 1.82) is 0 Å². The van der Waals surface area contributed by atoms with Crippen molar-refractivity contribution in [1.82, 2.24) is 4.31 Å². The number of sulfonamides is 1. The zero-order chi connectivity index (χ0) is 20.9. The number of anilines is 1. The highest BCUT2D eigenvalue weighted by Crippen LogP contribution is 2.29. The van der Waals surface area contributed by atoms with Gasteiger partial charge in [-0.25, -0.2) is 8.42 Å². The summed E-state index contributed by atoms with van der Waals surface area (Å²) in [7, 11) is -3.98. The van der Waals surface area contributed by atoms with Gasteiger partial charge in [-0.3, -0.25) is 15.5 Å². The Labute approximate surface area is 161 Å². The Bertz CT molecular complexity index is 1000. The summed E-state index contributed by atoms with van der Waals surface area (Å²) in [5.74, 6) is -0.614. The molecule has 0 atom stereocenters. The fourth-order valence-corrected chi connectivity index (χ4v) is 4.05. The average molecular weight is 408 g/mol. The van der Waals surface area contributed by atoms with E-state index in [0.717, 1.165) is 6.07 Å². The van der Waals surface area contributed by atoms with Crippen LogP contribution in [0.15, 0.2) is 46.4 Å². The molecule has 0 aliphatic heterocycles. The molecule has 0 unspecified atom stereocenters. The molecule has 0 heterocycles. The van der Waals surface area contributed by atoms with E-state index in [1.54, 1.807) is 13.8 Å². The summed E-state index contributed by atoms with van der Waals surface area (Å²) < 4.78 is 26.9. The quantitative estimate of drug-likeness (QED) is 0.263. The van der Waals surface area contributed by atoms with Gasteiger partial charge in [-0.05, 0) is 29.8 Å². The fraction of sp³-hybridized carbons (Fsp3) is 0.235. The monoisotopic (exact) mass is 408 g/mol. The van der Waals surface area contributed by atoms with Crippen LogP contribution in [-0.4, -0.2) is 47.2 Å². The lowest BCUT2D eigenvalue weighted by Gasteiger charge is -2.20. The van der Waals surface area contributed by atoms with Gasteiger partial charge in [-0.2, -0.15) is 9.41 Å². The van der Waals surface area contributed by atoms with Crippen molar-refractivity contribution in [3.8, 4) is 11.5 Å². The molecule has 0 radical (unpaired) electrons. The highest BCUT2D eigenvalue weighted by molar-refractivity contribution is 7.89. The van der Waals surface area contributed by atoms with E-state index in [9.17, 15) is 28.7 Å². The van der Waals surface area contributed by atoms with Gasteiger partial charge in [0.25, 0.3) is 5.69 Å². The Kier molecular flexibility index (Phi) is 6.54. The number of non-ortho nitro benzene ring substituents is 1. The van der Waals surface area contributed by atoms with Crippen molar-refractivity contribution in [3.05, 3.63) is 52.1 Å². The van der Waals surface area contributed by atoms with Crippen molar-refractivity contribution < 1.29 is 23.6 Å². The van der Waals surface area contributed by atoms with E-state index in [-0.39, 0.29) is 40.9 Å². The van der Waals surface area contributed by atoms with Crippen LogP contribution in [0.1, 0.15) is 19.4 Å². The lowest BCUT2D eigenvalue weighted by Crippen LogP contribution is -2.31. The first kappa shape index (κ1) is 21.1. The lowest BCUT2D eigenvalue weighted by molar-refractivity contribution is -0.385. The van der Waals surface area contributed by atoms with E-state index < -0.39 is 14.9 Å². The number of hydrogen-bond acceptors (Lipinski definition) is 8. The van der Waals surface area contributed by atoms with Crippen LogP contribution in [0.25, 0.3) is 0 Å². The van der Waals surface area contributed by atoms with E-state index in [1.165, 1.54) is 40.9 Å². The summed E-state index contributed by atoms with van der Waals surface area (Å²) in [4.78, 5) is 10.1. The third-order valence-electron chi connectivity index (χ3n) is 3.90. The van der Waals surface area contributed by atoms with Crippen LogP contribution >= 0.6 is 0 Å². The van der Waals surface area contributed by atoms with Gasteiger partial charge >= 0.3 is 0 Å². The van der Waals surface area contributed by atoms with Gasteiger partial charge < -0.3 is 10.2 Å². The molecule has 0 aromatic heterocycles. The molecule has 0 saturated carbocycles. The summed E-state index contributed by atoms with van der Waals surface area (Å²) in [5.41, 5.74) is 2.72. The van der Waals surface area contributed by atoms with Gasteiger partial charge in [0.1, 0.15) is 4.90 Å². The fourth-order valence-electron chi connectivity index (χ4n) is 2.43. The molecule has 2 rings (SSSR count). The molecule has 0 fully saturated rings. The maximum absolute atomic E-state index is 12.9. The largest absolute Gasteiger partial charge is 0.504 e. The second kappa shape index (κ2) is 8.67. The van der Waals surface area contributed by atoms with Crippen LogP contribution in [0.2, 0.25) is 0 Å². The van der Waals surface area contributed by atoms with Crippen LogP contribution in [-0.2, 0) is 10.0 Å². The van der Waals surface area contributed by atoms with Crippen molar-refractivity contribution >= 4 is 27.6 Å². The SMILES string of the molecule is CCN(CC)S(=O)(=O)c1cc([N+](=O)[O-])ccc1NN=Cc1ccc(O)c(O)c1. The number of rotatable bonds is 8. The van der Waals surface area contributed by atoms with Gasteiger partial charge in [0.05, 0.1) is 16.8 Å². The molecule has 0 amide bonds. The zero-order valence-electron chi connectivity index (χ0n) is 15.2. The molecule has 28 heavy (non-hydrogen) atoms. The molecule has 0 aliphatic rings. The Morgan fingerprint density at radius 1 is 1.14 bits per heavy atom. The maximum atomic E-state index is 12.9. The normalized spacial score (nSPS) is 11.8. The van der Waals surface area contributed by atoms with Gasteiger partial charge in [0.2, 0.25) is 10.0 Å². The number of aromatic hydroxyl groups is 2. The van der Waals surface area contributed by atoms with Crippen molar-refractivity contribution in [2.24, 2.45) is 5.10 Å². The predicted octanol–water partition coefficient (Wildman–Crippen LogP) is 2.48. The van der Waals surface area contributed by atoms with Crippen LogP contribution in [0.5, 0.6) is 11.5 Å². The van der Waals surface area contributed by atoms with E-state index >= 15 is 0 Å². The maximum Gasteiger partial charge on any atom is 0.270 e. The molecule has 0 bridgehead atoms. The highest BCUT2D eigenvalue weighted by Gasteiger charge is 2.27. The van der Waals surface area contributed by atoms with Gasteiger partial charge in [0, 0.05) is 25.2 Å². The minimum atomic E-state index is -3.98. The van der Waals surface area contributed by atoms with Gasteiger partial charge in [-0.1, -0.05) is 13.8 Å². The first-order valence-electron chi connectivity index (χ1n) is 8.30. The molecule has 150 valence electrons. The van der Waals surface area contributed by atoms with E-state index in [1.807, 2.05) is 0 Å². The number of phenolic OH excluding ortho intramolecular Hbond substituents is 2. The molecule has 0 saturated heterocycles. The molecular weight excluding hydrogens is 388 g/mol. The molecule has 11 heteroatoms. The number of hydrazone groups is 1. The van der Waals surface area contributed by atoms with E-state index in [2.05, 4.69) is 10.5 Å². The van der Waals surface area contributed by atoms with Crippen LogP contribution in [0.3, 0.4) is 0 Å². The number of hydrogen-bond donors (Lipinski definition) is 3. The van der Waals surface area contributed by atoms with Crippen molar-refractivity contribution in [2.75, 3.05) is 18.5 Å². The Hall–Kier alpha value is -3.18. The third-order valence-corrected chi connectivity index (χ3v) is 5.99. The standard InChI is InChI=1S/C17H20N4O6S/c1-3-20(4-2)28(26,27)17-10-13(21(24)25)6-7-14(17)19-18-11-12-5-8-15(22)16(23)9-12/h5-11,19,22-23H,3-4H2,1-2H3. The molecular formula is C17H20N4O6S. The van der Waals surface area contributed by atoms with Crippen LogP contribution in [0.4, 0.5) is 11.4 Å². The molecule has 2 aromatic rings. The summed E-state index contributed by atoms with van der Waals surface area (Å²) in [5, 5.41) is 33.8. The lowest BCUT2D eigenvalue weighted by atomic mass is 10.2. The summed E-state index contributed by atoms with van der Waals surface area (Å²) in [6.07, 6.45) is 1.30. The number of nitro benzene ring substituents is 1. The number of nitrogens with zero attached hydrogens (tertiary/aromatic N) is 3. The first-order chi connectivity index (χ1) is 13.2. The smallest absolute Gasteiger partial charge is 0.270 e.